The molecule has 0 amide bonds. The maximum absolute atomic E-state index is 6.08. The summed E-state index contributed by atoms with van der Waals surface area (Å²) >= 11 is 6.08. The molecule has 7 heteroatoms. The van der Waals surface area contributed by atoms with Crippen LogP contribution in [-0.4, -0.2) is 39.3 Å². The van der Waals surface area contributed by atoms with Crippen molar-refractivity contribution < 1.29 is 4.74 Å². The SMILES string of the molecule is Cc1c(Cl)nc2ncnn2c1NCCOCC1CC1. The van der Waals surface area contributed by atoms with Gasteiger partial charge in [-0.25, -0.2) is 0 Å². The molecular weight excluding hydrogens is 266 g/mol. The predicted octanol–water partition coefficient (Wildman–Crippen LogP) is 1.92. The normalized spacial score (nSPS) is 15.1. The third-order valence-corrected chi connectivity index (χ3v) is 3.56. The number of hydrogen-bond donors (Lipinski definition) is 1. The van der Waals surface area contributed by atoms with E-state index in [4.69, 9.17) is 16.3 Å². The second-order valence-corrected chi connectivity index (χ2v) is 5.15. The van der Waals surface area contributed by atoms with E-state index in [0.717, 1.165) is 23.9 Å². The van der Waals surface area contributed by atoms with E-state index in [1.807, 2.05) is 6.92 Å². The Morgan fingerprint density at radius 1 is 1.53 bits per heavy atom. The van der Waals surface area contributed by atoms with Crippen molar-refractivity contribution in [2.45, 2.75) is 19.8 Å². The van der Waals surface area contributed by atoms with E-state index in [-0.39, 0.29) is 0 Å². The van der Waals surface area contributed by atoms with Crippen LogP contribution in [0.3, 0.4) is 0 Å². The highest BCUT2D eigenvalue weighted by atomic mass is 35.5. The number of nitrogens with zero attached hydrogens (tertiary/aromatic N) is 4. The molecule has 0 saturated heterocycles. The summed E-state index contributed by atoms with van der Waals surface area (Å²) in [6.07, 6.45) is 4.09. The minimum Gasteiger partial charge on any atom is -0.379 e. The third-order valence-electron chi connectivity index (χ3n) is 3.19. The monoisotopic (exact) mass is 281 g/mol. The van der Waals surface area contributed by atoms with Crippen LogP contribution in [0.1, 0.15) is 18.4 Å². The second kappa shape index (κ2) is 5.30. The highest BCUT2D eigenvalue weighted by molar-refractivity contribution is 6.30. The van der Waals surface area contributed by atoms with Gasteiger partial charge in [-0.3, -0.25) is 0 Å². The maximum atomic E-state index is 6.08. The molecule has 0 radical (unpaired) electrons. The van der Waals surface area contributed by atoms with Gasteiger partial charge in [0.05, 0.1) is 6.61 Å². The van der Waals surface area contributed by atoms with Crippen LogP contribution >= 0.6 is 11.6 Å². The van der Waals surface area contributed by atoms with E-state index < -0.39 is 0 Å². The van der Waals surface area contributed by atoms with Gasteiger partial charge >= 0.3 is 0 Å². The summed E-state index contributed by atoms with van der Waals surface area (Å²) in [5.74, 6) is 2.11. The van der Waals surface area contributed by atoms with Gasteiger partial charge in [0.25, 0.3) is 5.78 Å². The maximum Gasteiger partial charge on any atom is 0.255 e. The van der Waals surface area contributed by atoms with Crippen LogP contribution in [-0.2, 0) is 4.74 Å². The molecule has 1 aliphatic rings. The average Bonchev–Trinajstić information content (AvgIpc) is 3.11. The number of ether oxygens (including phenoxy) is 1. The Labute approximate surface area is 116 Å². The lowest BCUT2D eigenvalue weighted by molar-refractivity contribution is 0.134. The van der Waals surface area contributed by atoms with Crippen molar-refractivity contribution in [1.82, 2.24) is 19.6 Å². The van der Waals surface area contributed by atoms with Crippen molar-refractivity contribution in [2.24, 2.45) is 5.92 Å². The molecule has 1 saturated carbocycles. The average molecular weight is 282 g/mol. The third kappa shape index (κ3) is 2.79. The van der Waals surface area contributed by atoms with Crippen LogP contribution in [0.5, 0.6) is 0 Å². The number of rotatable bonds is 6. The van der Waals surface area contributed by atoms with E-state index in [1.54, 1.807) is 4.52 Å². The Balaban J connectivity index is 1.65. The fourth-order valence-corrected chi connectivity index (χ4v) is 2.05. The summed E-state index contributed by atoms with van der Waals surface area (Å²) in [7, 11) is 0. The van der Waals surface area contributed by atoms with E-state index in [2.05, 4.69) is 20.4 Å². The largest absolute Gasteiger partial charge is 0.379 e. The number of nitrogens with one attached hydrogen (secondary N) is 1. The Morgan fingerprint density at radius 3 is 3.16 bits per heavy atom. The molecule has 2 aromatic rings. The fraction of sp³-hybridized carbons (Fsp3) is 0.583. The van der Waals surface area contributed by atoms with Crippen LogP contribution in [0.4, 0.5) is 5.82 Å². The van der Waals surface area contributed by atoms with Crippen LogP contribution in [0.15, 0.2) is 6.33 Å². The van der Waals surface area contributed by atoms with Crippen molar-refractivity contribution in [1.29, 1.82) is 0 Å². The number of fused-ring (bicyclic) bond motifs is 1. The molecule has 1 fully saturated rings. The van der Waals surface area contributed by atoms with E-state index in [9.17, 15) is 0 Å². The van der Waals surface area contributed by atoms with Gasteiger partial charge in [0.15, 0.2) is 0 Å². The van der Waals surface area contributed by atoms with Crippen molar-refractivity contribution in [3.05, 3.63) is 17.0 Å². The van der Waals surface area contributed by atoms with Gasteiger partial charge in [0, 0.05) is 18.7 Å². The van der Waals surface area contributed by atoms with Gasteiger partial charge in [0.2, 0.25) is 0 Å². The van der Waals surface area contributed by atoms with Crippen molar-refractivity contribution in [3.63, 3.8) is 0 Å². The first-order valence-electron chi connectivity index (χ1n) is 6.43. The Kier molecular flexibility index (Phi) is 3.52. The molecule has 0 aromatic carbocycles. The molecule has 0 spiro atoms. The molecule has 1 aliphatic carbocycles. The first-order chi connectivity index (χ1) is 9.25. The van der Waals surface area contributed by atoms with Crippen LogP contribution in [0.25, 0.3) is 5.78 Å². The lowest BCUT2D eigenvalue weighted by atomic mass is 10.3. The molecule has 3 rings (SSSR count). The van der Waals surface area contributed by atoms with Crippen molar-refractivity contribution >= 4 is 23.2 Å². The quantitative estimate of drug-likeness (QED) is 0.647. The molecule has 2 aromatic heterocycles. The van der Waals surface area contributed by atoms with E-state index in [1.165, 1.54) is 19.2 Å². The summed E-state index contributed by atoms with van der Waals surface area (Å²) in [6.45, 7) is 4.16. The highest BCUT2D eigenvalue weighted by Crippen LogP contribution is 2.28. The summed E-state index contributed by atoms with van der Waals surface area (Å²) in [6, 6.07) is 0. The van der Waals surface area contributed by atoms with Gasteiger partial charge in [-0.05, 0) is 25.7 Å². The minimum absolute atomic E-state index is 0.446. The van der Waals surface area contributed by atoms with Crippen LogP contribution in [0, 0.1) is 12.8 Å². The van der Waals surface area contributed by atoms with Gasteiger partial charge in [-0.2, -0.15) is 19.6 Å². The number of anilines is 1. The molecule has 0 atom stereocenters. The topological polar surface area (TPSA) is 64.3 Å². The molecule has 1 N–H and O–H groups in total. The molecule has 0 bridgehead atoms. The van der Waals surface area contributed by atoms with E-state index >= 15 is 0 Å². The van der Waals surface area contributed by atoms with Crippen molar-refractivity contribution in [2.75, 3.05) is 25.1 Å². The molecule has 0 unspecified atom stereocenters. The summed E-state index contributed by atoms with van der Waals surface area (Å²) in [5, 5.41) is 7.87. The Morgan fingerprint density at radius 2 is 2.37 bits per heavy atom. The zero-order valence-electron chi connectivity index (χ0n) is 10.8. The molecule has 102 valence electrons. The van der Waals surface area contributed by atoms with Crippen molar-refractivity contribution in [3.8, 4) is 0 Å². The Bertz CT molecular complexity index is 581. The molecule has 2 heterocycles. The number of hydrogen-bond acceptors (Lipinski definition) is 5. The summed E-state index contributed by atoms with van der Waals surface area (Å²) < 4.78 is 7.24. The highest BCUT2D eigenvalue weighted by Gasteiger charge is 2.20. The number of halogens is 1. The van der Waals surface area contributed by atoms with Gasteiger partial charge in [-0.15, -0.1) is 0 Å². The first-order valence-corrected chi connectivity index (χ1v) is 6.81. The predicted molar refractivity (Wildman–Crippen MR) is 72.6 cm³/mol. The van der Waals surface area contributed by atoms with Gasteiger partial charge in [0.1, 0.15) is 17.3 Å². The first kappa shape index (κ1) is 12.6. The second-order valence-electron chi connectivity index (χ2n) is 4.79. The fourth-order valence-electron chi connectivity index (χ4n) is 1.88. The molecular formula is C12H16ClN5O. The Hall–Kier alpha value is -1.40. The van der Waals surface area contributed by atoms with Gasteiger partial charge in [-0.1, -0.05) is 11.6 Å². The lowest BCUT2D eigenvalue weighted by Gasteiger charge is -2.11. The zero-order chi connectivity index (χ0) is 13.2. The molecule has 0 aliphatic heterocycles. The summed E-state index contributed by atoms with van der Waals surface area (Å²) in [5.41, 5.74) is 0.863. The van der Waals surface area contributed by atoms with Gasteiger partial charge < -0.3 is 10.1 Å². The van der Waals surface area contributed by atoms with Crippen LogP contribution < -0.4 is 5.32 Å². The minimum atomic E-state index is 0.446. The summed E-state index contributed by atoms with van der Waals surface area (Å²) in [4.78, 5) is 8.20. The molecule has 19 heavy (non-hydrogen) atoms. The lowest BCUT2D eigenvalue weighted by Crippen LogP contribution is -2.15. The standard InChI is InChI=1S/C12H16ClN5O/c1-8-10(13)17-12-15-7-16-18(12)11(8)14-4-5-19-6-9-2-3-9/h7,9,14H,2-6H2,1H3. The number of aromatic nitrogens is 4. The zero-order valence-corrected chi connectivity index (χ0v) is 11.5. The van der Waals surface area contributed by atoms with E-state index in [0.29, 0.717) is 24.1 Å². The molecule has 6 nitrogen and oxygen atoms in total. The smallest absolute Gasteiger partial charge is 0.255 e. The van der Waals surface area contributed by atoms with Crippen LogP contribution in [0.2, 0.25) is 5.15 Å².